The molecule has 0 radical (unpaired) electrons. The van der Waals surface area contributed by atoms with E-state index in [2.05, 4.69) is 6.07 Å². The Kier molecular flexibility index (Phi) is 2.13. The van der Waals surface area contributed by atoms with Crippen LogP contribution in [-0.4, -0.2) is 39.6 Å². The zero-order valence-corrected chi connectivity index (χ0v) is 13.2. The van der Waals surface area contributed by atoms with Crippen molar-refractivity contribution >= 4 is 5.91 Å². The highest BCUT2D eigenvalue weighted by molar-refractivity contribution is 5.84. The van der Waals surface area contributed by atoms with Crippen LogP contribution in [0.15, 0.2) is 0 Å². The second kappa shape index (κ2) is 4.29. The summed E-state index contributed by atoms with van der Waals surface area (Å²) in [5, 5.41) is 20.4. The van der Waals surface area contributed by atoms with Gasteiger partial charge >= 0.3 is 0 Å². The van der Waals surface area contributed by atoms with Crippen molar-refractivity contribution in [3.63, 3.8) is 0 Å². The van der Waals surface area contributed by atoms with Gasteiger partial charge in [0.1, 0.15) is 6.04 Å². The number of hydrogen-bond acceptors (Lipinski definition) is 4. The minimum absolute atomic E-state index is 0.299. The highest BCUT2D eigenvalue weighted by Crippen LogP contribution is 2.63. The number of piperidine rings is 1. The average molecular weight is 318 g/mol. The molecule has 5 saturated carbocycles. The molecule has 23 heavy (non-hydrogen) atoms. The number of amides is 1. The van der Waals surface area contributed by atoms with Gasteiger partial charge in [-0.05, 0) is 74.5 Å². The molecule has 6 fully saturated rings. The van der Waals surface area contributed by atoms with E-state index in [9.17, 15) is 15.2 Å². The lowest BCUT2D eigenvalue weighted by molar-refractivity contribution is -0.177. The van der Waals surface area contributed by atoms with E-state index in [4.69, 9.17) is 9.85 Å². The number of likely N-dealkylation sites (tertiary alicyclic amines) is 1. The van der Waals surface area contributed by atoms with Gasteiger partial charge in [-0.25, -0.2) is 0 Å². The largest absolute Gasteiger partial charge is 0.390 e. The van der Waals surface area contributed by atoms with Gasteiger partial charge in [0.05, 0.1) is 19.1 Å². The van der Waals surface area contributed by atoms with Crippen LogP contribution in [0, 0.1) is 34.5 Å². The van der Waals surface area contributed by atoms with Gasteiger partial charge in [0.2, 0.25) is 5.91 Å². The fourth-order valence-electron chi connectivity index (χ4n) is 6.46. The lowest BCUT2D eigenvalue weighted by Crippen LogP contribution is -2.64. The molecule has 0 aromatic carbocycles. The fraction of sp³-hybridized carbons (Fsp3) is 0.889. The molecule has 6 atom stereocenters. The summed E-state index contributed by atoms with van der Waals surface area (Å²) < 4.78 is 25.0. The van der Waals surface area contributed by atoms with Gasteiger partial charge in [-0.15, -0.1) is 0 Å². The molecule has 0 spiro atoms. The molecular formula is C18H25N3O2. The molecule has 5 nitrogen and oxygen atoms in total. The van der Waals surface area contributed by atoms with E-state index in [0.717, 1.165) is 19.3 Å². The molecule has 5 aliphatic carbocycles. The Bertz CT molecular complexity index is 720. The van der Waals surface area contributed by atoms with Crippen LogP contribution in [0.2, 0.25) is 0 Å². The summed E-state index contributed by atoms with van der Waals surface area (Å²) in [7, 11) is 0. The minimum Gasteiger partial charge on any atom is -0.390 e. The van der Waals surface area contributed by atoms with Gasteiger partial charge in [-0.2, -0.15) is 5.26 Å². The highest BCUT2D eigenvalue weighted by atomic mass is 16.3. The maximum absolute atomic E-state index is 13.4. The first-order valence-electron chi connectivity index (χ1n) is 10.3. The number of hydrogen-bond donors (Lipinski definition) is 2. The van der Waals surface area contributed by atoms with Crippen molar-refractivity contribution in [3.8, 4) is 6.07 Å². The molecule has 1 saturated heterocycles. The summed E-state index contributed by atoms with van der Waals surface area (Å²) in [5.41, 5.74) is 4.81. The molecular weight excluding hydrogens is 290 g/mol. The number of aliphatic hydroxyl groups is 1. The molecule has 0 aromatic rings. The van der Waals surface area contributed by atoms with Crippen LogP contribution in [-0.2, 0) is 4.79 Å². The first-order valence-corrected chi connectivity index (χ1v) is 8.77. The van der Waals surface area contributed by atoms with Crippen molar-refractivity contribution in [2.75, 3.05) is 0 Å². The first-order chi connectivity index (χ1) is 12.0. The molecule has 1 amide bonds. The van der Waals surface area contributed by atoms with E-state index < -0.39 is 41.4 Å². The standard InChI is InChI=1S/C18H25N3O2/c19-8-13-2-12-3-14(12)21(13)16(22)15(20)17-4-10-1-11(5-17)7-18(23,6-10)9-17/h10-15,23H,1-7,9,20H2/t10?,11?,12-,13?,14+,15+,17?,18?/m1/s1/i3D2,15D. The van der Waals surface area contributed by atoms with Gasteiger partial charge in [0, 0.05) is 8.78 Å². The van der Waals surface area contributed by atoms with Crippen molar-refractivity contribution < 1.29 is 14.0 Å². The molecule has 6 aliphatic rings. The van der Waals surface area contributed by atoms with Crippen molar-refractivity contribution in [3.05, 3.63) is 0 Å². The maximum Gasteiger partial charge on any atom is 0.241 e. The Morgan fingerprint density at radius 3 is 2.70 bits per heavy atom. The second-order valence-electron chi connectivity index (χ2n) is 8.69. The fourth-order valence-corrected chi connectivity index (χ4v) is 6.46. The zero-order valence-electron chi connectivity index (χ0n) is 16.2. The Balaban J connectivity index is 1.49. The van der Waals surface area contributed by atoms with Gasteiger partial charge in [-0.1, -0.05) is 0 Å². The van der Waals surface area contributed by atoms with Crippen LogP contribution in [0.3, 0.4) is 0 Å². The molecule has 124 valence electrons. The third-order valence-electron chi connectivity index (χ3n) is 6.99. The van der Waals surface area contributed by atoms with Crippen LogP contribution in [0.1, 0.15) is 55.4 Å². The van der Waals surface area contributed by atoms with E-state index in [-0.39, 0.29) is 5.92 Å². The number of carbonyl (C=O) groups excluding carboxylic acids is 1. The van der Waals surface area contributed by atoms with Crippen molar-refractivity contribution in [2.24, 2.45) is 28.9 Å². The number of nitrogens with zero attached hydrogens (tertiary/aromatic N) is 2. The summed E-state index contributed by atoms with van der Waals surface area (Å²) in [4.78, 5) is 14.7. The van der Waals surface area contributed by atoms with E-state index >= 15 is 0 Å². The maximum atomic E-state index is 13.4. The van der Waals surface area contributed by atoms with Gasteiger partial charge in [0.15, 0.2) is 0 Å². The van der Waals surface area contributed by atoms with Gasteiger partial charge < -0.3 is 15.7 Å². The minimum atomic E-state index is -1.93. The predicted octanol–water partition coefficient (Wildman–Crippen LogP) is 1.16. The number of nitriles is 1. The smallest absolute Gasteiger partial charge is 0.241 e. The Labute approximate surface area is 141 Å². The van der Waals surface area contributed by atoms with Crippen molar-refractivity contribution in [2.45, 2.75) is 75.0 Å². The predicted molar refractivity (Wildman–Crippen MR) is 82.8 cm³/mol. The molecule has 0 aromatic heterocycles. The monoisotopic (exact) mass is 318 g/mol. The van der Waals surface area contributed by atoms with E-state index in [0.29, 0.717) is 37.5 Å². The summed E-state index contributed by atoms with van der Waals surface area (Å²) in [5.74, 6) is -0.350. The molecule has 1 heterocycles. The van der Waals surface area contributed by atoms with E-state index in [1.165, 1.54) is 4.90 Å². The number of rotatable bonds is 2. The van der Waals surface area contributed by atoms with Crippen molar-refractivity contribution in [1.82, 2.24) is 4.90 Å². The number of nitrogens with two attached hydrogens (primary N) is 1. The Morgan fingerprint density at radius 1 is 1.39 bits per heavy atom. The normalized spacial score (nSPS) is 59.3. The van der Waals surface area contributed by atoms with Gasteiger partial charge in [-0.3, -0.25) is 4.79 Å². The summed E-state index contributed by atoms with van der Waals surface area (Å²) in [6.07, 6.45) is 3.03. The van der Waals surface area contributed by atoms with E-state index in [1.807, 2.05) is 0 Å². The number of fused-ring (bicyclic) bond motifs is 1. The SMILES string of the molecule is [2H]C1([2H])[C@H]2CC(C#N)N(C(=O)[C@]([2H])(N)C34CC5CC(CC(O)(C5)C3)C4)[C@H]21. The summed E-state index contributed by atoms with van der Waals surface area (Å²) in [6.45, 7) is 0. The third kappa shape index (κ3) is 1.88. The van der Waals surface area contributed by atoms with Crippen molar-refractivity contribution in [1.29, 1.82) is 5.26 Å². The van der Waals surface area contributed by atoms with Crippen LogP contribution in [0.5, 0.6) is 0 Å². The molecule has 1 aliphatic heterocycles. The summed E-state index contributed by atoms with van der Waals surface area (Å²) in [6, 6.07) is -1.17. The van der Waals surface area contributed by atoms with E-state index in [1.54, 1.807) is 0 Å². The first kappa shape index (κ1) is 11.4. The Morgan fingerprint density at radius 2 is 2.09 bits per heavy atom. The molecule has 3 N–H and O–H groups in total. The lowest BCUT2D eigenvalue weighted by atomic mass is 9.46. The number of carbonyl (C=O) groups is 1. The Hall–Kier alpha value is -1.12. The lowest BCUT2D eigenvalue weighted by Gasteiger charge is -2.61. The molecule has 3 unspecified atom stereocenters. The topological polar surface area (TPSA) is 90.4 Å². The second-order valence-corrected chi connectivity index (χ2v) is 8.69. The average Bonchev–Trinajstić information content (AvgIpc) is 2.89. The molecule has 4 bridgehead atoms. The highest BCUT2D eigenvalue weighted by Gasteiger charge is 2.62. The summed E-state index contributed by atoms with van der Waals surface area (Å²) >= 11 is 0. The van der Waals surface area contributed by atoms with Crippen LogP contribution < -0.4 is 5.73 Å². The van der Waals surface area contributed by atoms with Crippen LogP contribution >= 0.6 is 0 Å². The van der Waals surface area contributed by atoms with Crippen LogP contribution in [0.25, 0.3) is 0 Å². The quantitative estimate of drug-likeness (QED) is 0.799. The molecule has 6 rings (SSSR count). The van der Waals surface area contributed by atoms with Crippen LogP contribution in [0.4, 0.5) is 0 Å². The zero-order chi connectivity index (χ0) is 18.7. The van der Waals surface area contributed by atoms with Gasteiger partial charge in [0.25, 0.3) is 0 Å². The molecule has 5 heteroatoms. The third-order valence-corrected chi connectivity index (χ3v) is 6.99.